The third-order valence-corrected chi connectivity index (χ3v) is 5.00. The van der Waals surface area contributed by atoms with Gasteiger partial charge in [0.25, 0.3) is 5.91 Å². The molecule has 116 valence electrons. The van der Waals surface area contributed by atoms with E-state index in [2.05, 4.69) is 0 Å². The molecule has 0 aromatic heterocycles. The van der Waals surface area contributed by atoms with Gasteiger partial charge in [0.15, 0.2) is 9.84 Å². The molecule has 1 heterocycles. The number of hydrogen-bond donors (Lipinski definition) is 1. The zero-order valence-corrected chi connectivity index (χ0v) is 13.1. The molecule has 1 unspecified atom stereocenters. The first kappa shape index (κ1) is 16.0. The summed E-state index contributed by atoms with van der Waals surface area (Å²) in [7, 11) is -3.30. The topological polar surface area (TPSA) is 80.5 Å². The van der Waals surface area contributed by atoms with Gasteiger partial charge in [-0.15, -0.1) is 0 Å². The molecular formula is C15H22N2O3S. The number of carbonyl (C=O) groups is 1. The summed E-state index contributed by atoms with van der Waals surface area (Å²) in [5.74, 6) is -0.0833. The Hall–Kier alpha value is -1.40. The summed E-state index contributed by atoms with van der Waals surface area (Å²) in [5.41, 5.74) is 5.98. The molecule has 1 amide bonds. The molecule has 1 aromatic rings. The molecule has 1 aliphatic heterocycles. The van der Waals surface area contributed by atoms with Crippen molar-refractivity contribution in [3.05, 3.63) is 29.8 Å². The molecule has 0 radical (unpaired) electrons. The maximum atomic E-state index is 12.6. The van der Waals surface area contributed by atoms with Crippen molar-refractivity contribution in [2.24, 2.45) is 5.73 Å². The summed E-state index contributed by atoms with van der Waals surface area (Å²) in [6.07, 6.45) is 4.95. The van der Waals surface area contributed by atoms with Crippen molar-refractivity contribution in [1.82, 2.24) is 4.90 Å². The van der Waals surface area contributed by atoms with Crippen molar-refractivity contribution in [3.63, 3.8) is 0 Å². The SMILES string of the molecule is CS(=O)(=O)c1cccc(C(=O)N2CCCC2CCCN)c1. The number of likely N-dealkylation sites (tertiary alicyclic amines) is 1. The minimum atomic E-state index is -3.30. The summed E-state index contributed by atoms with van der Waals surface area (Å²) in [6.45, 7) is 1.36. The van der Waals surface area contributed by atoms with Crippen molar-refractivity contribution in [2.75, 3.05) is 19.3 Å². The fourth-order valence-corrected chi connectivity index (χ4v) is 3.45. The van der Waals surface area contributed by atoms with Gasteiger partial charge in [0, 0.05) is 24.4 Å². The number of carbonyl (C=O) groups excluding carboxylic acids is 1. The molecule has 0 saturated carbocycles. The van der Waals surface area contributed by atoms with Crippen molar-refractivity contribution in [3.8, 4) is 0 Å². The smallest absolute Gasteiger partial charge is 0.254 e. The van der Waals surface area contributed by atoms with Gasteiger partial charge in [-0.25, -0.2) is 8.42 Å². The standard InChI is InChI=1S/C15H22N2O3S/c1-21(19,20)14-8-2-5-12(11-14)15(18)17-10-4-7-13(17)6-3-9-16/h2,5,8,11,13H,3-4,6-7,9-10,16H2,1H3. The van der Waals surface area contributed by atoms with E-state index < -0.39 is 9.84 Å². The minimum Gasteiger partial charge on any atom is -0.336 e. The van der Waals surface area contributed by atoms with Gasteiger partial charge in [0.05, 0.1) is 4.90 Å². The third kappa shape index (κ3) is 3.83. The molecule has 1 aromatic carbocycles. The van der Waals surface area contributed by atoms with Crippen LogP contribution in [0.5, 0.6) is 0 Å². The van der Waals surface area contributed by atoms with Crippen LogP contribution in [0.1, 0.15) is 36.0 Å². The molecule has 1 saturated heterocycles. The lowest BCUT2D eigenvalue weighted by Crippen LogP contribution is -2.35. The van der Waals surface area contributed by atoms with Gasteiger partial charge < -0.3 is 10.6 Å². The Bertz CT molecular complexity index is 613. The lowest BCUT2D eigenvalue weighted by atomic mass is 10.1. The molecule has 0 bridgehead atoms. The van der Waals surface area contributed by atoms with Gasteiger partial charge in [-0.05, 0) is 50.4 Å². The van der Waals surface area contributed by atoms with Gasteiger partial charge in [0.2, 0.25) is 0 Å². The maximum Gasteiger partial charge on any atom is 0.254 e. The number of rotatable bonds is 5. The molecule has 2 N–H and O–H groups in total. The van der Waals surface area contributed by atoms with Crippen LogP contribution in [0.15, 0.2) is 29.2 Å². The lowest BCUT2D eigenvalue weighted by molar-refractivity contribution is 0.0729. The van der Waals surface area contributed by atoms with Crippen LogP contribution in [-0.4, -0.2) is 44.6 Å². The molecule has 2 rings (SSSR count). The van der Waals surface area contributed by atoms with Crippen LogP contribution in [0, 0.1) is 0 Å². The van der Waals surface area contributed by atoms with Gasteiger partial charge in [-0.2, -0.15) is 0 Å². The summed E-state index contributed by atoms with van der Waals surface area (Å²) in [6, 6.07) is 6.50. The van der Waals surface area contributed by atoms with E-state index in [0.29, 0.717) is 12.1 Å². The van der Waals surface area contributed by atoms with Gasteiger partial charge in [-0.3, -0.25) is 4.79 Å². The van der Waals surface area contributed by atoms with Crippen LogP contribution in [-0.2, 0) is 9.84 Å². The van der Waals surface area contributed by atoms with E-state index in [0.717, 1.165) is 38.5 Å². The molecule has 5 nitrogen and oxygen atoms in total. The molecule has 1 aliphatic rings. The Morgan fingerprint density at radius 3 is 2.86 bits per heavy atom. The first-order chi connectivity index (χ1) is 9.93. The highest BCUT2D eigenvalue weighted by molar-refractivity contribution is 7.90. The Kier molecular flexibility index (Phi) is 5.00. The second-order valence-electron chi connectivity index (χ2n) is 5.53. The number of sulfone groups is 1. The van der Waals surface area contributed by atoms with E-state index in [-0.39, 0.29) is 16.8 Å². The van der Waals surface area contributed by atoms with Gasteiger partial charge >= 0.3 is 0 Å². The van der Waals surface area contributed by atoms with Crippen molar-refractivity contribution >= 4 is 15.7 Å². The van der Waals surface area contributed by atoms with E-state index in [1.54, 1.807) is 12.1 Å². The van der Waals surface area contributed by atoms with Crippen molar-refractivity contribution in [2.45, 2.75) is 36.6 Å². The van der Waals surface area contributed by atoms with Crippen LogP contribution in [0.4, 0.5) is 0 Å². The van der Waals surface area contributed by atoms with Gasteiger partial charge in [0.1, 0.15) is 0 Å². The highest BCUT2D eigenvalue weighted by atomic mass is 32.2. The summed E-state index contributed by atoms with van der Waals surface area (Å²) >= 11 is 0. The minimum absolute atomic E-state index is 0.0833. The van der Waals surface area contributed by atoms with Crippen LogP contribution < -0.4 is 5.73 Å². The third-order valence-electron chi connectivity index (χ3n) is 3.89. The van der Waals surface area contributed by atoms with Crippen LogP contribution in [0.25, 0.3) is 0 Å². The Morgan fingerprint density at radius 1 is 1.43 bits per heavy atom. The molecule has 0 aliphatic carbocycles. The van der Waals surface area contributed by atoms with E-state index in [9.17, 15) is 13.2 Å². The molecule has 6 heteroatoms. The summed E-state index contributed by atoms with van der Waals surface area (Å²) < 4.78 is 23.2. The molecular weight excluding hydrogens is 288 g/mol. The molecule has 1 atom stereocenters. The molecule has 0 spiro atoms. The predicted molar refractivity (Wildman–Crippen MR) is 81.9 cm³/mol. The fraction of sp³-hybridized carbons (Fsp3) is 0.533. The molecule has 1 fully saturated rings. The second-order valence-corrected chi connectivity index (χ2v) is 7.54. The van der Waals surface area contributed by atoms with Crippen molar-refractivity contribution < 1.29 is 13.2 Å². The fourth-order valence-electron chi connectivity index (χ4n) is 2.78. The van der Waals surface area contributed by atoms with E-state index in [4.69, 9.17) is 5.73 Å². The monoisotopic (exact) mass is 310 g/mol. The number of nitrogens with zero attached hydrogens (tertiary/aromatic N) is 1. The number of amides is 1. The Labute approximate surface area is 126 Å². The lowest BCUT2D eigenvalue weighted by Gasteiger charge is -2.25. The number of benzene rings is 1. The predicted octanol–water partition coefficient (Wildman–Crippen LogP) is 1.43. The Balaban J connectivity index is 2.19. The Morgan fingerprint density at radius 2 is 2.19 bits per heavy atom. The second kappa shape index (κ2) is 6.58. The molecule has 21 heavy (non-hydrogen) atoms. The quantitative estimate of drug-likeness (QED) is 0.892. The average Bonchev–Trinajstić information content (AvgIpc) is 2.92. The van der Waals surface area contributed by atoms with Crippen molar-refractivity contribution in [1.29, 1.82) is 0 Å². The van der Waals surface area contributed by atoms with Crippen LogP contribution in [0.3, 0.4) is 0 Å². The summed E-state index contributed by atoms with van der Waals surface area (Å²) in [5, 5.41) is 0. The number of hydrogen-bond acceptors (Lipinski definition) is 4. The van der Waals surface area contributed by atoms with E-state index in [1.165, 1.54) is 12.1 Å². The maximum absolute atomic E-state index is 12.6. The highest BCUT2D eigenvalue weighted by Gasteiger charge is 2.29. The van der Waals surface area contributed by atoms with Gasteiger partial charge in [-0.1, -0.05) is 6.07 Å². The average molecular weight is 310 g/mol. The summed E-state index contributed by atoms with van der Waals surface area (Å²) in [4.78, 5) is 14.6. The number of nitrogens with two attached hydrogens (primary N) is 1. The first-order valence-corrected chi connectivity index (χ1v) is 9.14. The van der Waals surface area contributed by atoms with E-state index >= 15 is 0 Å². The zero-order valence-electron chi connectivity index (χ0n) is 12.3. The van der Waals surface area contributed by atoms with Crippen LogP contribution in [0.2, 0.25) is 0 Å². The first-order valence-electron chi connectivity index (χ1n) is 7.24. The van der Waals surface area contributed by atoms with Crippen LogP contribution >= 0.6 is 0 Å². The largest absolute Gasteiger partial charge is 0.336 e. The zero-order chi connectivity index (χ0) is 15.5. The highest BCUT2D eigenvalue weighted by Crippen LogP contribution is 2.24. The normalized spacial score (nSPS) is 19.0. The van der Waals surface area contributed by atoms with E-state index in [1.807, 2.05) is 4.90 Å².